The third kappa shape index (κ3) is 3.96. The van der Waals surface area contributed by atoms with Crippen LogP contribution < -0.4 is 5.73 Å². The van der Waals surface area contributed by atoms with E-state index in [0.717, 1.165) is 19.4 Å². The number of rotatable bonds is 5. The van der Waals surface area contributed by atoms with Crippen LogP contribution in [0.1, 0.15) is 18.4 Å². The highest BCUT2D eigenvalue weighted by molar-refractivity contribution is 7.89. The van der Waals surface area contributed by atoms with Gasteiger partial charge in [-0.2, -0.15) is 0 Å². The highest BCUT2D eigenvalue weighted by atomic mass is 35.5. The average Bonchev–Trinajstić information content (AvgIpc) is 2.48. The Labute approximate surface area is 131 Å². The molecule has 2 rings (SSSR count). The fourth-order valence-electron chi connectivity index (χ4n) is 2.46. The van der Waals surface area contributed by atoms with E-state index in [2.05, 4.69) is 0 Å². The first-order valence-electron chi connectivity index (χ1n) is 6.97. The second kappa shape index (κ2) is 7.07. The predicted octanol–water partition coefficient (Wildman–Crippen LogP) is 1.85. The second-order valence-corrected chi connectivity index (χ2v) is 7.78. The molecular weight excluding hydrogens is 312 g/mol. The first-order chi connectivity index (χ1) is 9.95. The molecule has 1 atom stereocenters. The van der Waals surface area contributed by atoms with Crippen LogP contribution in [0.2, 0.25) is 5.02 Å². The van der Waals surface area contributed by atoms with Gasteiger partial charge in [-0.25, -0.2) is 12.7 Å². The number of nitrogens with two attached hydrogens (primary N) is 1. The molecule has 1 saturated heterocycles. The minimum absolute atomic E-state index is 0.211. The van der Waals surface area contributed by atoms with E-state index in [1.165, 1.54) is 10.4 Å². The van der Waals surface area contributed by atoms with Gasteiger partial charge < -0.3 is 10.5 Å². The van der Waals surface area contributed by atoms with E-state index in [9.17, 15) is 8.42 Å². The highest BCUT2D eigenvalue weighted by Crippen LogP contribution is 2.23. The molecule has 1 aromatic rings. The third-order valence-corrected chi connectivity index (χ3v) is 5.90. The van der Waals surface area contributed by atoms with Gasteiger partial charge >= 0.3 is 0 Å². The van der Waals surface area contributed by atoms with Crippen LogP contribution in [0.5, 0.6) is 0 Å². The number of benzene rings is 1. The lowest BCUT2D eigenvalue weighted by Crippen LogP contribution is -2.35. The van der Waals surface area contributed by atoms with Crippen molar-refractivity contribution in [3.63, 3.8) is 0 Å². The van der Waals surface area contributed by atoms with Crippen LogP contribution in [0, 0.1) is 5.92 Å². The standard InChI is InChI=1S/C14H21ClN2O3S/c1-17(9-11-3-2-6-20-10-11)21(18,19)13-4-5-14(15)12(7-13)8-16/h4-5,7,11H,2-3,6,8-10,16H2,1H3. The van der Waals surface area contributed by atoms with Crippen molar-refractivity contribution in [1.82, 2.24) is 4.31 Å². The van der Waals surface area contributed by atoms with E-state index in [-0.39, 0.29) is 17.4 Å². The fourth-order valence-corrected chi connectivity index (χ4v) is 3.95. The summed E-state index contributed by atoms with van der Waals surface area (Å²) >= 11 is 5.98. The van der Waals surface area contributed by atoms with Crippen molar-refractivity contribution in [3.05, 3.63) is 28.8 Å². The van der Waals surface area contributed by atoms with Gasteiger partial charge in [0.05, 0.1) is 11.5 Å². The largest absolute Gasteiger partial charge is 0.381 e. The van der Waals surface area contributed by atoms with E-state index < -0.39 is 10.0 Å². The van der Waals surface area contributed by atoms with E-state index in [1.54, 1.807) is 19.2 Å². The van der Waals surface area contributed by atoms with Gasteiger partial charge in [0.2, 0.25) is 10.0 Å². The summed E-state index contributed by atoms with van der Waals surface area (Å²) in [6.07, 6.45) is 1.98. The molecule has 1 aliphatic heterocycles. The van der Waals surface area contributed by atoms with Crippen LogP contribution in [-0.4, -0.2) is 39.5 Å². The number of halogens is 1. The van der Waals surface area contributed by atoms with Crippen molar-refractivity contribution in [2.45, 2.75) is 24.3 Å². The predicted molar refractivity (Wildman–Crippen MR) is 82.7 cm³/mol. The van der Waals surface area contributed by atoms with Gasteiger partial charge in [-0.15, -0.1) is 0 Å². The smallest absolute Gasteiger partial charge is 0.242 e. The number of hydrogen-bond acceptors (Lipinski definition) is 4. The van der Waals surface area contributed by atoms with Crippen molar-refractivity contribution in [1.29, 1.82) is 0 Å². The van der Waals surface area contributed by atoms with Crippen molar-refractivity contribution in [2.24, 2.45) is 11.7 Å². The first kappa shape index (κ1) is 16.7. The first-order valence-corrected chi connectivity index (χ1v) is 8.79. The van der Waals surface area contributed by atoms with E-state index in [1.807, 2.05) is 0 Å². The maximum absolute atomic E-state index is 12.6. The molecule has 0 spiro atoms. The minimum atomic E-state index is -3.52. The second-order valence-electron chi connectivity index (χ2n) is 5.33. The molecule has 1 fully saturated rings. The SMILES string of the molecule is CN(CC1CCCOC1)S(=O)(=O)c1ccc(Cl)c(CN)c1. The van der Waals surface area contributed by atoms with Crippen molar-refractivity contribution in [3.8, 4) is 0 Å². The molecule has 0 amide bonds. The molecule has 0 aliphatic carbocycles. The summed E-state index contributed by atoms with van der Waals surface area (Å²) < 4.78 is 32.0. The summed E-state index contributed by atoms with van der Waals surface area (Å²) in [5.74, 6) is 0.250. The Morgan fingerprint density at radius 3 is 2.86 bits per heavy atom. The Bertz CT molecular complexity index is 586. The maximum Gasteiger partial charge on any atom is 0.242 e. The summed E-state index contributed by atoms with van der Waals surface area (Å²) in [5.41, 5.74) is 6.21. The van der Waals surface area contributed by atoms with Gasteiger partial charge in [-0.3, -0.25) is 0 Å². The van der Waals surface area contributed by atoms with Gasteiger partial charge in [0.1, 0.15) is 0 Å². The zero-order chi connectivity index (χ0) is 15.5. The fraction of sp³-hybridized carbons (Fsp3) is 0.571. The Morgan fingerprint density at radius 1 is 1.48 bits per heavy atom. The molecule has 5 nitrogen and oxygen atoms in total. The molecule has 0 aromatic heterocycles. The van der Waals surface area contributed by atoms with Crippen molar-refractivity contribution < 1.29 is 13.2 Å². The van der Waals surface area contributed by atoms with Gasteiger partial charge in [0.25, 0.3) is 0 Å². The lowest BCUT2D eigenvalue weighted by Gasteiger charge is -2.26. The summed E-state index contributed by atoms with van der Waals surface area (Å²) in [6.45, 7) is 2.06. The molecular formula is C14H21ClN2O3S. The third-order valence-electron chi connectivity index (χ3n) is 3.72. The van der Waals surface area contributed by atoms with Crippen molar-refractivity contribution in [2.75, 3.05) is 26.8 Å². The molecule has 21 heavy (non-hydrogen) atoms. The Kier molecular flexibility index (Phi) is 5.62. The zero-order valence-corrected chi connectivity index (χ0v) is 13.7. The molecule has 1 heterocycles. The topological polar surface area (TPSA) is 72.6 Å². The Balaban J connectivity index is 2.16. The molecule has 1 aromatic carbocycles. The normalized spacial score (nSPS) is 19.9. The molecule has 0 saturated carbocycles. The Morgan fingerprint density at radius 2 is 2.24 bits per heavy atom. The van der Waals surface area contributed by atoms with Crippen LogP contribution >= 0.6 is 11.6 Å². The maximum atomic E-state index is 12.6. The summed E-state index contributed by atoms with van der Waals surface area (Å²) in [5, 5.41) is 0.486. The molecule has 2 N–H and O–H groups in total. The average molecular weight is 333 g/mol. The number of hydrogen-bond donors (Lipinski definition) is 1. The van der Waals surface area contributed by atoms with E-state index >= 15 is 0 Å². The zero-order valence-electron chi connectivity index (χ0n) is 12.1. The highest BCUT2D eigenvalue weighted by Gasteiger charge is 2.25. The van der Waals surface area contributed by atoms with E-state index in [4.69, 9.17) is 22.1 Å². The van der Waals surface area contributed by atoms with E-state index in [0.29, 0.717) is 23.7 Å². The summed E-state index contributed by atoms with van der Waals surface area (Å²) in [4.78, 5) is 0.228. The van der Waals surface area contributed by atoms with Crippen LogP contribution in [0.15, 0.2) is 23.1 Å². The summed E-state index contributed by atoms with van der Waals surface area (Å²) in [7, 11) is -1.93. The van der Waals surface area contributed by atoms with Gasteiger partial charge in [-0.1, -0.05) is 11.6 Å². The number of sulfonamides is 1. The lowest BCUT2D eigenvalue weighted by atomic mass is 10.0. The van der Waals surface area contributed by atoms with Gasteiger partial charge in [0.15, 0.2) is 0 Å². The van der Waals surface area contributed by atoms with Crippen LogP contribution in [0.25, 0.3) is 0 Å². The van der Waals surface area contributed by atoms with Gasteiger partial charge in [0, 0.05) is 31.8 Å². The number of nitrogens with zero attached hydrogens (tertiary/aromatic N) is 1. The van der Waals surface area contributed by atoms with Crippen LogP contribution in [0.3, 0.4) is 0 Å². The van der Waals surface area contributed by atoms with Crippen LogP contribution in [-0.2, 0) is 21.3 Å². The molecule has 0 radical (unpaired) electrons. The van der Waals surface area contributed by atoms with Crippen molar-refractivity contribution >= 4 is 21.6 Å². The summed E-state index contributed by atoms with van der Waals surface area (Å²) in [6, 6.07) is 4.64. The molecule has 118 valence electrons. The lowest BCUT2D eigenvalue weighted by molar-refractivity contribution is 0.0495. The molecule has 1 aliphatic rings. The quantitative estimate of drug-likeness (QED) is 0.893. The molecule has 7 heteroatoms. The Hall–Kier alpha value is -0.660. The number of ether oxygens (including phenoxy) is 1. The molecule has 0 bridgehead atoms. The minimum Gasteiger partial charge on any atom is -0.381 e. The van der Waals surface area contributed by atoms with Gasteiger partial charge in [-0.05, 0) is 42.5 Å². The molecule has 1 unspecified atom stereocenters. The monoisotopic (exact) mass is 332 g/mol. The van der Waals surface area contributed by atoms with Crippen LogP contribution in [0.4, 0.5) is 0 Å².